The summed E-state index contributed by atoms with van der Waals surface area (Å²) >= 11 is 0. The van der Waals surface area contributed by atoms with Crippen LogP contribution in [-0.2, 0) is 4.74 Å². The van der Waals surface area contributed by atoms with Gasteiger partial charge in [0.2, 0.25) is 0 Å². The standard InChI is InChI=1S/C32H37N7O2/c1-32(2,3)41-31(40)38-16-21-14-37(15-22(21)17-38)28-12-24(29-30(25(28)13-33)35-18-34-29)20-9-10-27-26(11-20)36-19-39(27)23-7-5-4-6-8-23/h9-12,18-19,21-23H,4-8,14-17H2,1-3H3,(H,34,35). The minimum Gasteiger partial charge on any atom is -0.444 e. The molecule has 2 unspecified atom stereocenters. The van der Waals surface area contributed by atoms with E-state index < -0.39 is 5.60 Å². The Kier molecular flexibility index (Phi) is 6.18. The molecule has 2 atom stereocenters. The van der Waals surface area contributed by atoms with Gasteiger partial charge >= 0.3 is 6.09 Å². The number of fused-ring (bicyclic) bond motifs is 3. The average molecular weight is 552 g/mol. The van der Waals surface area contributed by atoms with Crippen molar-refractivity contribution in [2.24, 2.45) is 11.8 Å². The van der Waals surface area contributed by atoms with Crippen molar-refractivity contribution in [3.8, 4) is 17.2 Å². The first-order valence-corrected chi connectivity index (χ1v) is 14.9. The van der Waals surface area contributed by atoms with Gasteiger partial charge in [0, 0.05) is 49.6 Å². The lowest BCUT2D eigenvalue weighted by Gasteiger charge is -2.27. The maximum atomic E-state index is 12.7. The van der Waals surface area contributed by atoms with Gasteiger partial charge in [-0.3, -0.25) is 0 Å². The zero-order chi connectivity index (χ0) is 28.3. The molecule has 2 aromatic heterocycles. The summed E-state index contributed by atoms with van der Waals surface area (Å²) < 4.78 is 7.98. The smallest absolute Gasteiger partial charge is 0.410 e. The number of nitrogens with zero attached hydrogens (tertiary/aromatic N) is 6. The number of carbonyl (C=O) groups excluding carboxylic acids is 1. The van der Waals surface area contributed by atoms with E-state index in [0.717, 1.165) is 46.5 Å². The molecule has 9 nitrogen and oxygen atoms in total. The number of benzene rings is 2. The van der Waals surface area contributed by atoms with Gasteiger partial charge < -0.3 is 24.1 Å². The lowest BCUT2D eigenvalue weighted by atomic mass is 9.95. The van der Waals surface area contributed by atoms with Crippen molar-refractivity contribution < 1.29 is 9.53 Å². The van der Waals surface area contributed by atoms with E-state index in [1.54, 1.807) is 6.33 Å². The number of amides is 1. The molecule has 9 heteroatoms. The van der Waals surface area contributed by atoms with Crippen LogP contribution in [0.4, 0.5) is 10.5 Å². The number of H-pyrrole nitrogens is 1. The fourth-order valence-electron chi connectivity index (χ4n) is 7.19. The van der Waals surface area contributed by atoms with Crippen LogP contribution < -0.4 is 4.90 Å². The molecule has 0 bridgehead atoms. The number of ether oxygens (including phenoxy) is 1. The van der Waals surface area contributed by atoms with Gasteiger partial charge in [0.1, 0.15) is 17.2 Å². The van der Waals surface area contributed by atoms with E-state index >= 15 is 0 Å². The Balaban J connectivity index is 1.20. The number of rotatable bonds is 3. The second-order valence-corrected chi connectivity index (χ2v) is 13.0. The Morgan fingerprint density at radius 1 is 1.05 bits per heavy atom. The van der Waals surface area contributed by atoms with E-state index in [-0.39, 0.29) is 6.09 Å². The predicted molar refractivity (Wildman–Crippen MR) is 159 cm³/mol. The third-order valence-electron chi connectivity index (χ3n) is 9.13. The number of nitrogens with one attached hydrogen (secondary N) is 1. The number of nitriles is 1. The summed E-state index contributed by atoms with van der Waals surface area (Å²) in [4.78, 5) is 29.5. The molecular formula is C32H37N7O2. The zero-order valence-electron chi connectivity index (χ0n) is 24.1. The zero-order valence-corrected chi connectivity index (χ0v) is 24.1. The fourth-order valence-corrected chi connectivity index (χ4v) is 7.19. The van der Waals surface area contributed by atoms with Crippen molar-refractivity contribution in [1.29, 1.82) is 5.26 Å². The third-order valence-corrected chi connectivity index (χ3v) is 9.13. The highest BCUT2D eigenvalue weighted by atomic mass is 16.6. The molecule has 1 N–H and O–H groups in total. The molecule has 3 fully saturated rings. The number of anilines is 1. The molecule has 41 heavy (non-hydrogen) atoms. The maximum absolute atomic E-state index is 12.7. The van der Waals surface area contributed by atoms with Gasteiger partial charge in [0.05, 0.1) is 40.4 Å². The van der Waals surface area contributed by atoms with Crippen LogP contribution in [0.5, 0.6) is 0 Å². The largest absolute Gasteiger partial charge is 0.444 e. The molecule has 0 spiro atoms. The molecule has 0 radical (unpaired) electrons. The molecule has 7 rings (SSSR count). The Bertz CT molecular complexity index is 1650. The van der Waals surface area contributed by atoms with Crippen LogP contribution in [0.25, 0.3) is 33.2 Å². The summed E-state index contributed by atoms with van der Waals surface area (Å²) in [6.07, 6.45) is 9.76. The number of hydrogen-bond donors (Lipinski definition) is 1. The van der Waals surface area contributed by atoms with E-state index in [4.69, 9.17) is 9.72 Å². The Labute approximate surface area is 240 Å². The van der Waals surface area contributed by atoms with E-state index in [1.807, 2.05) is 32.0 Å². The van der Waals surface area contributed by atoms with Gasteiger partial charge in [-0.15, -0.1) is 0 Å². The van der Waals surface area contributed by atoms with Crippen LogP contribution in [0, 0.1) is 23.2 Å². The highest BCUT2D eigenvalue weighted by Gasteiger charge is 2.43. The van der Waals surface area contributed by atoms with Crippen molar-refractivity contribution in [2.75, 3.05) is 31.1 Å². The van der Waals surface area contributed by atoms with Gasteiger partial charge in [0.25, 0.3) is 0 Å². The molecule has 4 aromatic rings. The minimum atomic E-state index is -0.505. The molecule has 212 valence electrons. The summed E-state index contributed by atoms with van der Waals surface area (Å²) in [6.45, 7) is 8.64. The summed E-state index contributed by atoms with van der Waals surface area (Å²) in [5, 5.41) is 10.2. The second-order valence-electron chi connectivity index (χ2n) is 13.0. The monoisotopic (exact) mass is 551 g/mol. The van der Waals surface area contributed by atoms with Crippen LogP contribution in [0.1, 0.15) is 64.5 Å². The van der Waals surface area contributed by atoms with Crippen LogP contribution in [-0.4, -0.2) is 62.3 Å². The molecule has 2 aliphatic heterocycles. The molecule has 3 aliphatic rings. The van der Waals surface area contributed by atoms with E-state index in [9.17, 15) is 10.1 Å². The van der Waals surface area contributed by atoms with E-state index in [2.05, 4.69) is 49.8 Å². The predicted octanol–water partition coefficient (Wildman–Crippen LogP) is 6.26. The normalized spacial score (nSPS) is 21.5. The van der Waals surface area contributed by atoms with Crippen molar-refractivity contribution in [1.82, 2.24) is 24.4 Å². The van der Waals surface area contributed by atoms with Crippen LogP contribution in [0.2, 0.25) is 0 Å². The van der Waals surface area contributed by atoms with Gasteiger partial charge in [-0.1, -0.05) is 25.3 Å². The van der Waals surface area contributed by atoms with Crippen LogP contribution in [0.15, 0.2) is 36.9 Å². The molecule has 1 aliphatic carbocycles. The number of aromatic amines is 1. The second kappa shape index (κ2) is 9.79. The first-order chi connectivity index (χ1) is 19.8. The van der Waals surface area contributed by atoms with Crippen LogP contribution in [0.3, 0.4) is 0 Å². The minimum absolute atomic E-state index is 0.237. The first kappa shape index (κ1) is 25.9. The number of hydrogen-bond acceptors (Lipinski definition) is 6. The molecule has 2 aromatic carbocycles. The lowest BCUT2D eigenvalue weighted by molar-refractivity contribution is 0.0282. The highest BCUT2D eigenvalue weighted by molar-refractivity contribution is 6.00. The molecular weight excluding hydrogens is 514 g/mol. The number of carbonyl (C=O) groups is 1. The SMILES string of the molecule is CC(C)(C)OC(=O)N1CC2CN(c3cc(-c4ccc5c(c4)ncn5C4CCCCC4)c4nc[nH]c4c3C#N)CC2C1. The van der Waals surface area contributed by atoms with E-state index in [1.165, 1.54) is 37.6 Å². The van der Waals surface area contributed by atoms with Gasteiger partial charge in [-0.05, 0) is 57.4 Å². The summed E-state index contributed by atoms with van der Waals surface area (Å²) in [5.41, 5.74) is 6.80. The maximum Gasteiger partial charge on any atom is 0.410 e. The van der Waals surface area contributed by atoms with E-state index in [0.29, 0.717) is 36.5 Å². The van der Waals surface area contributed by atoms with Crippen molar-refractivity contribution in [2.45, 2.75) is 64.5 Å². The Morgan fingerprint density at radius 2 is 1.80 bits per heavy atom. The average Bonchev–Trinajstić information content (AvgIpc) is 3.74. The first-order valence-electron chi connectivity index (χ1n) is 14.9. The molecule has 1 saturated carbocycles. The topological polar surface area (TPSA) is 103 Å². The quantitative estimate of drug-likeness (QED) is 0.322. The number of imidazole rings is 2. The van der Waals surface area contributed by atoms with Crippen molar-refractivity contribution >= 4 is 33.8 Å². The molecule has 4 heterocycles. The molecule has 2 saturated heterocycles. The van der Waals surface area contributed by atoms with Crippen molar-refractivity contribution in [3.05, 3.63) is 42.5 Å². The Morgan fingerprint density at radius 3 is 2.51 bits per heavy atom. The van der Waals surface area contributed by atoms with Crippen molar-refractivity contribution in [3.63, 3.8) is 0 Å². The fraction of sp³-hybridized carbons (Fsp3) is 0.500. The van der Waals surface area contributed by atoms with Gasteiger partial charge in [-0.2, -0.15) is 5.26 Å². The summed E-state index contributed by atoms with van der Waals surface area (Å²) in [6, 6.07) is 11.6. The highest BCUT2D eigenvalue weighted by Crippen LogP contribution is 2.41. The Hall–Kier alpha value is -4.06. The van der Waals surface area contributed by atoms with Gasteiger partial charge in [0.15, 0.2) is 0 Å². The summed E-state index contributed by atoms with van der Waals surface area (Å²) in [5.74, 6) is 0.685. The lowest BCUT2D eigenvalue weighted by Crippen LogP contribution is -2.37. The number of aromatic nitrogens is 4. The third kappa shape index (κ3) is 4.59. The van der Waals surface area contributed by atoms with Gasteiger partial charge in [-0.25, -0.2) is 14.8 Å². The summed E-state index contributed by atoms with van der Waals surface area (Å²) in [7, 11) is 0. The number of likely N-dealkylation sites (tertiary alicyclic amines) is 1. The molecule has 1 amide bonds. The van der Waals surface area contributed by atoms with Crippen LogP contribution >= 0.6 is 0 Å².